The lowest BCUT2D eigenvalue weighted by Gasteiger charge is -2.09. The molecule has 110 valence electrons. The van der Waals surface area contributed by atoms with E-state index in [-0.39, 0.29) is 21.9 Å². The van der Waals surface area contributed by atoms with Gasteiger partial charge in [-0.3, -0.25) is 4.79 Å². The summed E-state index contributed by atoms with van der Waals surface area (Å²) >= 11 is 0. The van der Waals surface area contributed by atoms with Gasteiger partial charge in [0.05, 0.1) is 16.1 Å². The van der Waals surface area contributed by atoms with E-state index in [0.717, 1.165) is 18.2 Å². The van der Waals surface area contributed by atoms with Gasteiger partial charge < -0.3 is 10.4 Å². The Balaban J connectivity index is 2.36. The third kappa shape index (κ3) is 3.36. The van der Waals surface area contributed by atoms with Crippen molar-refractivity contribution in [2.24, 2.45) is 5.14 Å². The van der Waals surface area contributed by atoms with Crippen LogP contribution in [0.1, 0.15) is 10.4 Å². The molecule has 6 nitrogen and oxygen atoms in total. The van der Waals surface area contributed by atoms with Crippen molar-refractivity contribution in [2.75, 3.05) is 5.32 Å². The number of nitrogens with one attached hydrogen (secondary N) is 1. The largest absolute Gasteiger partial charge is 0.507 e. The van der Waals surface area contributed by atoms with Gasteiger partial charge in [-0.1, -0.05) is 12.1 Å². The maximum atomic E-state index is 13.6. The molecule has 2 rings (SSSR count). The van der Waals surface area contributed by atoms with Crippen LogP contribution < -0.4 is 10.5 Å². The number of carbonyl (C=O) groups excluding carboxylic acids is 1. The lowest BCUT2D eigenvalue weighted by Crippen LogP contribution is -2.16. The number of para-hydroxylation sites is 1. The summed E-state index contributed by atoms with van der Waals surface area (Å²) in [5.74, 6) is -1.89. The number of phenols is 1. The summed E-state index contributed by atoms with van der Waals surface area (Å²) < 4.78 is 36.0. The zero-order valence-corrected chi connectivity index (χ0v) is 11.4. The van der Waals surface area contributed by atoms with Crippen molar-refractivity contribution in [2.45, 2.75) is 4.90 Å². The molecule has 2 aromatic carbocycles. The van der Waals surface area contributed by atoms with E-state index in [1.807, 2.05) is 0 Å². The molecule has 0 bridgehead atoms. The summed E-state index contributed by atoms with van der Waals surface area (Å²) in [6.07, 6.45) is 0. The van der Waals surface area contributed by atoms with Crippen LogP contribution >= 0.6 is 0 Å². The lowest BCUT2D eigenvalue weighted by molar-refractivity contribution is 0.102. The molecule has 0 aliphatic heterocycles. The molecular weight excluding hydrogens is 299 g/mol. The Morgan fingerprint density at radius 1 is 1.19 bits per heavy atom. The summed E-state index contributed by atoms with van der Waals surface area (Å²) in [6.45, 7) is 0. The van der Waals surface area contributed by atoms with Crippen LogP contribution in [0.5, 0.6) is 5.75 Å². The van der Waals surface area contributed by atoms with Crippen molar-refractivity contribution in [3.8, 4) is 5.75 Å². The predicted molar refractivity (Wildman–Crippen MR) is 73.8 cm³/mol. The highest BCUT2D eigenvalue weighted by atomic mass is 32.2. The van der Waals surface area contributed by atoms with E-state index in [1.165, 1.54) is 24.3 Å². The average Bonchev–Trinajstić information content (AvgIpc) is 2.40. The first-order valence-electron chi connectivity index (χ1n) is 5.71. The Morgan fingerprint density at radius 3 is 2.48 bits per heavy atom. The van der Waals surface area contributed by atoms with Crippen LogP contribution in [0.3, 0.4) is 0 Å². The standard InChI is InChI=1S/C13H11FN2O4S/c14-10-6-5-8(21(15,19)20)7-11(10)16-13(18)9-3-1-2-4-12(9)17/h1-7,17H,(H,16,18)(H2,15,19,20). The Labute approximate surface area is 120 Å². The number of amides is 1. The molecular formula is C13H11FN2O4S. The molecule has 0 spiro atoms. The zero-order chi connectivity index (χ0) is 15.6. The second-order valence-corrected chi connectivity index (χ2v) is 5.72. The Kier molecular flexibility index (Phi) is 3.92. The fraction of sp³-hybridized carbons (Fsp3) is 0. The molecule has 0 fully saturated rings. The Morgan fingerprint density at radius 2 is 1.86 bits per heavy atom. The first kappa shape index (κ1) is 14.9. The number of hydrogen-bond acceptors (Lipinski definition) is 4. The normalized spacial score (nSPS) is 11.1. The van der Waals surface area contributed by atoms with E-state index in [2.05, 4.69) is 5.32 Å². The number of carbonyl (C=O) groups is 1. The van der Waals surface area contributed by atoms with Gasteiger partial charge in [0.1, 0.15) is 11.6 Å². The van der Waals surface area contributed by atoms with E-state index >= 15 is 0 Å². The lowest BCUT2D eigenvalue weighted by atomic mass is 10.2. The van der Waals surface area contributed by atoms with E-state index in [1.54, 1.807) is 0 Å². The van der Waals surface area contributed by atoms with Gasteiger partial charge in [0.25, 0.3) is 5.91 Å². The van der Waals surface area contributed by atoms with E-state index in [9.17, 15) is 22.7 Å². The van der Waals surface area contributed by atoms with Gasteiger partial charge in [-0.25, -0.2) is 17.9 Å². The third-order valence-electron chi connectivity index (χ3n) is 2.66. The van der Waals surface area contributed by atoms with Gasteiger partial charge in [-0.15, -0.1) is 0 Å². The van der Waals surface area contributed by atoms with Crippen molar-refractivity contribution < 1.29 is 22.7 Å². The molecule has 0 saturated heterocycles. The van der Waals surface area contributed by atoms with Crippen LogP contribution in [0.2, 0.25) is 0 Å². The van der Waals surface area contributed by atoms with Crippen LogP contribution in [0.25, 0.3) is 0 Å². The first-order chi connectivity index (χ1) is 9.79. The predicted octanol–water partition coefficient (Wildman–Crippen LogP) is 1.43. The second-order valence-electron chi connectivity index (χ2n) is 4.16. The van der Waals surface area contributed by atoms with Crippen LogP contribution in [0.15, 0.2) is 47.4 Å². The number of aromatic hydroxyl groups is 1. The molecule has 0 saturated carbocycles. The van der Waals surface area contributed by atoms with Crippen LogP contribution in [0.4, 0.5) is 10.1 Å². The van der Waals surface area contributed by atoms with Crippen molar-refractivity contribution in [3.63, 3.8) is 0 Å². The highest BCUT2D eigenvalue weighted by Gasteiger charge is 2.16. The number of benzene rings is 2. The maximum Gasteiger partial charge on any atom is 0.259 e. The molecule has 0 aliphatic carbocycles. The number of phenolic OH excluding ortho intramolecular Hbond substituents is 1. The Hall–Kier alpha value is -2.45. The topological polar surface area (TPSA) is 109 Å². The van der Waals surface area contributed by atoms with Crippen LogP contribution in [-0.4, -0.2) is 19.4 Å². The van der Waals surface area contributed by atoms with Gasteiger partial charge in [0, 0.05) is 0 Å². The summed E-state index contributed by atoms with van der Waals surface area (Å²) in [6, 6.07) is 8.45. The van der Waals surface area contributed by atoms with Crippen molar-refractivity contribution in [1.82, 2.24) is 0 Å². The van der Waals surface area contributed by atoms with Crippen molar-refractivity contribution in [3.05, 3.63) is 53.8 Å². The van der Waals surface area contributed by atoms with Gasteiger partial charge in [0.2, 0.25) is 10.0 Å². The summed E-state index contributed by atoms with van der Waals surface area (Å²) in [7, 11) is -4.02. The number of halogens is 1. The average molecular weight is 310 g/mol. The number of primary sulfonamides is 1. The highest BCUT2D eigenvalue weighted by molar-refractivity contribution is 7.89. The molecule has 0 heterocycles. The Bertz CT molecular complexity index is 806. The number of anilines is 1. The number of nitrogens with two attached hydrogens (primary N) is 1. The minimum atomic E-state index is -4.02. The molecule has 0 radical (unpaired) electrons. The van der Waals surface area contributed by atoms with Crippen LogP contribution in [0, 0.1) is 5.82 Å². The van der Waals surface area contributed by atoms with E-state index < -0.39 is 21.7 Å². The zero-order valence-electron chi connectivity index (χ0n) is 10.6. The molecule has 1 amide bonds. The monoisotopic (exact) mass is 310 g/mol. The molecule has 2 aromatic rings. The third-order valence-corrected chi connectivity index (χ3v) is 3.57. The molecule has 8 heteroatoms. The molecule has 0 aromatic heterocycles. The van der Waals surface area contributed by atoms with Crippen LogP contribution in [-0.2, 0) is 10.0 Å². The maximum absolute atomic E-state index is 13.6. The van der Waals surface area contributed by atoms with Gasteiger partial charge in [0.15, 0.2) is 0 Å². The summed E-state index contributed by atoms with van der Waals surface area (Å²) in [5, 5.41) is 16.7. The van der Waals surface area contributed by atoms with Gasteiger partial charge in [-0.05, 0) is 30.3 Å². The molecule has 0 unspecified atom stereocenters. The number of hydrogen-bond donors (Lipinski definition) is 3. The molecule has 0 atom stereocenters. The minimum Gasteiger partial charge on any atom is -0.507 e. The summed E-state index contributed by atoms with van der Waals surface area (Å²) in [5.41, 5.74) is -0.423. The van der Waals surface area contributed by atoms with E-state index in [0.29, 0.717) is 0 Å². The summed E-state index contributed by atoms with van der Waals surface area (Å²) in [4.78, 5) is 11.6. The number of sulfonamides is 1. The minimum absolute atomic E-state index is 0.0714. The quantitative estimate of drug-likeness (QED) is 0.796. The van der Waals surface area contributed by atoms with Gasteiger partial charge in [-0.2, -0.15) is 0 Å². The van der Waals surface area contributed by atoms with Crippen molar-refractivity contribution in [1.29, 1.82) is 0 Å². The van der Waals surface area contributed by atoms with Gasteiger partial charge >= 0.3 is 0 Å². The van der Waals surface area contributed by atoms with Crippen molar-refractivity contribution >= 4 is 21.6 Å². The first-order valence-corrected chi connectivity index (χ1v) is 7.25. The highest BCUT2D eigenvalue weighted by Crippen LogP contribution is 2.22. The fourth-order valence-corrected chi connectivity index (χ4v) is 2.17. The smallest absolute Gasteiger partial charge is 0.259 e. The molecule has 0 aliphatic rings. The second kappa shape index (κ2) is 5.51. The molecule has 21 heavy (non-hydrogen) atoms. The van der Waals surface area contributed by atoms with E-state index in [4.69, 9.17) is 5.14 Å². The fourth-order valence-electron chi connectivity index (χ4n) is 1.63. The molecule has 4 N–H and O–H groups in total. The SMILES string of the molecule is NS(=O)(=O)c1ccc(F)c(NC(=O)c2ccccc2O)c1. The number of rotatable bonds is 3.